The lowest BCUT2D eigenvalue weighted by atomic mass is 10.2. The molecule has 1 aromatic carbocycles. The monoisotopic (exact) mass is 348 g/mol. The lowest BCUT2D eigenvalue weighted by molar-refractivity contribution is -0.147. The molecule has 0 saturated carbocycles. The van der Waals surface area contributed by atoms with Gasteiger partial charge in [0.2, 0.25) is 0 Å². The number of ether oxygens (including phenoxy) is 2. The summed E-state index contributed by atoms with van der Waals surface area (Å²) >= 11 is 1.43. The van der Waals surface area contributed by atoms with Gasteiger partial charge in [0.15, 0.2) is 6.61 Å². The van der Waals surface area contributed by atoms with Crippen molar-refractivity contribution in [3.8, 4) is 5.75 Å². The maximum absolute atomic E-state index is 12.0. The first-order valence-electron chi connectivity index (χ1n) is 7.03. The number of hydrogen-bond donors (Lipinski definition) is 1. The standard InChI is InChI=1S/C16H16N2O5S/c1-10-17-11(9-24-10)7-15(20)23-8-14(19)18-16(21)12-5-3-4-6-13(12)22-2/h3-6,9H,7-8H2,1-2H3,(H,18,19,21). The molecule has 2 aromatic rings. The van der Waals surface area contributed by atoms with E-state index in [4.69, 9.17) is 9.47 Å². The second-order valence-electron chi connectivity index (χ2n) is 4.77. The number of nitrogens with zero attached hydrogens (tertiary/aromatic N) is 1. The Morgan fingerprint density at radius 1 is 1.25 bits per heavy atom. The van der Waals surface area contributed by atoms with Crippen LogP contribution in [0, 0.1) is 6.92 Å². The number of aryl methyl sites for hydroxylation is 1. The van der Waals surface area contributed by atoms with Gasteiger partial charge in [-0.05, 0) is 19.1 Å². The van der Waals surface area contributed by atoms with Gasteiger partial charge >= 0.3 is 5.97 Å². The summed E-state index contributed by atoms with van der Waals surface area (Å²) in [7, 11) is 1.43. The molecule has 24 heavy (non-hydrogen) atoms. The first-order valence-corrected chi connectivity index (χ1v) is 7.91. The minimum Gasteiger partial charge on any atom is -0.496 e. The van der Waals surface area contributed by atoms with Crippen LogP contribution in [0.25, 0.3) is 0 Å². The molecule has 0 atom stereocenters. The number of esters is 1. The first-order chi connectivity index (χ1) is 11.5. The highest BCUT2D eigenvalue weighted by Gasteiger charge is 2.16. The van der Waals surface area contributed by atoms with E-state index in [1.807, 2.05) is 6.92 Å². The second-order valence-corrected chi connectivity index (χ2v) is 5.84. The van der Waals surface area contributed by atoms with Crippen molar-refractivity contribution in [3.63, 3.8) is 0 Å². The van der Waals surface area contributed by atoms with Crippen molar-refractivity contribution in [1.82, 2.24) is 10.3 Å². The largest absolute Gasteiger partial charge is 0.496 e. The predicted molar refractivity (Wildman–Crippen MR) is 87.0 cm³/mol. The van der Waals surface area contributed by atoms with E-state index in [9.17, 15) is 14.4 Å². The Hall–Kier alpha value is -2.74. The number of rotatable bonds is 6. The van der Waals surface area contributed by atoms with Gasteiger partial charge in [0.05, 0.1) is 29.8 Å². The third-order valence-corrected chi connectivity index (χ3v) is 3.78. The highest BCUT2D eigenvalue weighted by molar-refractivity contribution is 7.09. The molecule has 0 aliphatic carbocycles. The number of hydrogen-bond acceptors (Lipinski definition) is 7. The molecule has 8 heteroatoms. The Bertz CT molecular complexity index is 756. The number of carbonyl (C=O) groups excluding carboxylic acids is 3. The average molecular weight is 348 g/mol. The smallest absolute Gasteiger partial charge is 0.312 e. The van der Waals surface area contributed by atoms with Crippen molar-refractivity contribution >= 4 is 29.1 Å². The summed E-state index contributed by atoms with van der Waals surface area (Å²) in [4.78, 5) is 39.5. The van der Waals surface area contributed by atoms with E-state index in [-0.39, 0.29) is 12.0 Å². The summed E-state index contributed by atoms with van der Waals surface area (Å²) in [6.07, 6.45) is -0.0158. The van der Waals surface area contributed by atoms with Gasteiger partial charge in [0.1, 0.15) is 5.75 Å². The number of imide groups is 1. The van der Waals surface area contributed by atoms with Crippen LogP contribution in [0.4, 0.5) is 0 Å². The fourth-order valence-corrected chi connectivity index (χ4v) is 2.51. The summed E-state index contributed by atoms with van der Waals surface area (Å²) in [5.74, 6) is -1.57. The van der Waals surface area contributed by atoms with E-state index >= 15 is 0 Å². The lowest BCUT2D eigenvalue weighted by Crippen LogP contribution is -2.34. The summed E-state index contributed by atoms with van der Waals surface area (Å²) in [6, 6.07) is 6.49. The van der Waals surface area contributed by atoms with Crippen molar-refractivity contribution in [2.75, 3.05) is 13.7 Å². The minimum absolute atomic E-state index is 0.0158. The molecule has 0 unspecified atom stereocenters. The Balaban J connectivity index is 1.82. The molecule has 1 heterocycles. The average Bonchev–Trinajstić information content (AvgIpc) is 2.97. The molecular weight excluding hydrogens is 332 g/mol. The van der Waals surface area contributed by atoms with Gasteiger partial charge in [-0.1, -0.05) is 12.1 Å². The summed E-state index contributed by atoms with van der Waals surface area (Å²) in [6.45, 7) is 1.29. The molecule has 1 aromatic heterocycles. The van der Waals surface area contributed by atoms with E-state index in [0.717, 1.165) is 5.01 Å². The summed E-state index contributed by atoms with van der Waals surface area (Å²) in [5.41, 5.74) is 0.811. The predicted octanol–water partition coefficient (Wildman–Crippen LogP) is 1.50. The third kappa shape index (κ3) is 4.88. The van der Waals surface area contributed by atoms with Crippen LogP contribution in [0.15, 0.2) is 29.6 Å². The fraction of sp³-hybridized carbons (Fsp3) is 0.250. The molecule has 0 aliphatic heterocycles. The Morgan fingerprint density at radius 2 is 2.00 bits per heavy atom. The van der Waals surface area contributed by atoms with Crippen LogP contribution in [0.2, 0.25) is 0 Å². The van der Waals surface area contributed by atoms with Gasteiger partial charge in [0, 0.05) is 5.38 Å². The van der Waals surface area contributed by atoms with Crippen LogP contribution in [0.5, 0.6) is 5.75 Å². The van der Waals surface area contributed by atoms with Gasteiger partial charge < -0.3 is 9.47 Å². The Labute approximate surface area is 142 Å². The van der Waals surface area contributed by atoms with Crippen molar-refractivity contribution in [2.24, 2.45) is 0 Å². The molecule has 7 nitrogen and oxygen atoms in total. The molecule has 0 saturated heterocycles. The van der Waals surface area contributed by atoms with Crippen LogP contribution in [0.3, 0.4) is 0 Å². The maximum atomic E-state index is 12.0. The van der Waals surface area contributed by atoms with E-state index in [1.165, 1.54) is 24.5 Å². The van der Waals surface area contributed by atoms with Crippen LogP contribution in [-0.2, 0) is 20.7 Å². The lowest BCUT2D eigenvalue weighted by Gasteiger charge is -2.08. The molecule has 1 N–H and O–H groups in total. The zero-order valence-electron chi connectivity index (χ0n) is 13.2. The van der Waals surface area contributed by atoms with Crippen LogP contribution < -0.4 is 10.1 Å². The SMILES string of the molecule is COc1ccccc1C(=O)NC(=O)COC(=O)Cc1csc(C)n1. The third-order valence-electron chi connectivity index (χ3n) is 2.96. The van der Waals surface area contributed by atoms with E-state index < -0.39 is 24.4 Å². The number of para-hydroxylation sites is 1. The number of carbonyl (C=O) groups is 3. The quantitative estimate of drug-likeness (QED) is 0.795. The summed E-state index contributed by atoms with van der Waals surface area (Å²) in [5, 5.41) is 4.74. The zero-order valence-corrected chi connectivity index (χ0v) is 14.0. The Morgan fingerprint density at radius 3 is 2.67 bits per heavy atom. The topological polar surface area (TPSA) is 94.6 Å². The van der Waals surface area contributed by atoms with Crippen LogP contribution in [0.1, 0.15) is 21.1 Å². The molecule has 0 fully saturated rings. The van der Waals surface area contributed by atoms with Gasteiger partial charge in [-0.2, -0.15) is 0 Å². The number of nitrogens with one attached hydrogen (secondary N) is 1. The Kier molecular flexibility index (Phi) is 6.02. The van der Waals surface area contributed by atoms with Gasteiger partial charge in [-0.15, -0.1) is 11.3 Å². The van der Waals surface area contributed by atoms with Gasteiger partial charge in [-0.3, -0.25) is 19.7 Å². The van der Waals surface area contributed by atoms with Crippen molar-refractivity contribution in [2.45, 2.75) is 13.3 Å². The molecular formula is C16H16N2O5S. The number of benzene rings is 1. The second kappa shape index (κ2) is 8.21. The van der Waals surface area contributed by atoms with Gasteiger partial charge in [0.25, 0.3) is 11.8 Å². The first kappa shape index (κ1) is 17.6. The van der Waals surface area contributed by atoms with E-state index in [0.29, 0.717) is 11.4 Å². The number of thiazole rings is 1. The summed E-state index contributed by atoms with van der Waals surface area (Å²) < 4.78 is 9.89. The minimum atomic E-state index is -0.714. The van der Waals surface area contributed by atoms with Crippen LogP contribution in [-0.4, -0.2) is 36.5 Å². The van der Waals surface area contributed by atoms with Crippen LogP contribution >= 0.6 is 11.3 Å². The zero-order chi connectivity index (χ0) is 17.5. The maximum Gasteiger partial charge on any atom is 0.312 e. The number of methoxy groups -OCH3 is 1. The highest BCUT2D eigenvalue weighted by Crippen LogP contribution is 2.16. The number of aromatic nitrogens is 1. The van der Waals surface area contributed by atoms with Crippen molar-refractivity contribution < 1.29 is 23.9 Å². The van der Waals surface area contributed by atoms with E-state index in [1.54, 1.807) is 23.6 Å². The molecule has 0 spiro atoms. The molecule has 2 rings (SSSR count). The highest BCUT2D eigenvalue weighted by atomic mass is 32.1. The molecule has 0 radical (unpaired) electrons. The molecule has 0 bridgehead atoms. The fourth-order valence-electron chi connectivity index (χ4n) is 1.90. The van der Waals surface area contributed by atoms with Crippen molar-refractivity contribution in [3.05, 3.63) is 45.9 Å². The molecule has 126 valence electrons. The van der Waals surface area contributed by atoms with E-state index in [2.05, 4.69) is 10.3 Å². The van der Waals surface area contributed by atoms with Crippen molar-refractivity contribution in [1.29, 1.82) is 0 Å². The molecule has 2 amide bonds. The van der Waals surface area contributed by atoms with Gasteiger partial charge in [-0.25, -0.2) is 4.98 Å². The normalized spacial score (nSPS) is 10.1. The number of amides is 2. The molecule has 0 aliphatic rings.